The molecule has 0 bridgehead atoms. The van der Waals surface area contributed by atoms with Gasteiger partial charge in [0.2, 0.25) is 0 Å². The molecule has 0 radical (unpaired) electrons. The molecule has 0 saturated carbocycles. The van der Waals surface area contributed by atoms with Crippen LogP contribution in [0.1, 0.15) is 12.8 Å². The van der Waals surface area contributed by atoms with E-state index in [0.717, 1.165) is 24.3 Å². The van der Waals surface area contributed by atoms with Crippen LogP contribution in [0, 0.1) is 0 Å². The topological polar surface area (TPSA) is 54.9 Å². The maximum absolute atomic E-state index is 5.58. The SMILES string of the molecule is CN=C(NCC1COCCO1)NCC1CCCS1. The predicted octanol–water partition coefficient (Wildman–Crippen LogP) is 0.462. The van der Waals surface area contributed by atoms with Gasteiger partial charge in [-0.05, 0) is 18.6 Å². The lowest BCUT2D eigenvalue weighted by Crippen LogP contribution is -2.45. The molecule has 0 aliphatic carbocycles. The van der Waals surface area contributed by atoms with Crippen molar-refractivity contribution in [3.8, 4) is 0 Å². The Labute approximate surface area is 113 Å². The number of nitrogens with zero attached hydrogens (tertiary/aromatic N) is 1. The minimum absolute atomic E-state index is 0.137. The van der Waals surface area contributed by atoms with Gasteiger partial charge in [0.05, 0.1) is 25.9 Å². The molecule has 104 valence electrons. The molecule has 0 aromatic carbocycles. The van der Waals surface area contributed by atoms with Crippen molar-refractivity contribution in [2.75, 3.05) is 45.7 Å². The van der Waals surface area contributed by atoms with Gasteiger partial charge in [0.1, 0.15) is 0 Å². The monoisotopic (exact) mass is 273 g/mol. The van der Waals surface area contributed by atoms with Crippen LogP contribution in [0.25, 0.3) is 0 Å². The lowest BCUT2D eigenvalue weighted by Gasteiger charge is -2.24. The summed E-state index contributed by atoms with van der Waals surface area (Å²) >= 11 is 2.05. The van der Waals surface area contributed by atoms with Gasteiger partial charge in [-0.2, -0.15) is 11.8 Å². The molecule has 5 nitrogen and oxygen atoms in total. The molecule has 0 aromatic rings. The van der Waals surface area contributed by atoms with E-state index in [1.807, 2.05) is 0 Å². The van der Waals surface area contributed by atoms with E-state index in [1.54, 1.807) is 7.05 Å². The lowest BCUT2D eigenvalue weighted by molar-refractivity contribution is -0.0850. The third kappa shape index (κ3) is 4.66. The van der Waals surface area contributed by atoms with Crippen LogP contribution in [0.2, 0.25) is 0 Å². The maximum atomic E-state index is 5.58. The van der Waals surface area contributed by atoms with E-state index in [1.165, 1.54) is 18.6 Å². The highest BCUT2D eigenvalue weighted by Gasteiger charge is 2.17. The summed E-state index contributed by atoms with van der Waals surface area (Å²) in [7, 11) is 1.80. The molecule has 2 heterocycles. The summed E-state index contributed by atoms with van der Waals surface area (Å²) in [5.41, 5.74) is 0. The van der Waals surface area contributed by atoms with Crippen molar-refractivity contribution in [1.29, 1.82) is 0 Å². The van der Waals surface area contributed by atoms with E-state index in [2.05, 4.69) is 27.4 Å². The lowest BCUT2D eigenvalue weighted by atomic mass is 10.2. The highest BCUT2D eigenvalue weighted by Crippen LogP contribution is 2.25. The Hall–Kier alpha value is -0.460. The van der Waals surface area contributed by atoms with Gasteiger partial charge in [0, 0.05) is 25.4 Å². The van der Waals surface area contributed by atoms with Crippen molar-refractivity contribution >= 4 is 17.7 Å². The van der Waals surface area contributed by atoms with Crippen LogP contribution in [-0.2, 0) is 9.47 Å². The normalized spacial score (nSPS) is 29.3. The van der Waals surface area contributed by atoms with Gasteiger partial charge in [0.15, 0.2) is 5.96 Å². The quantitative estimate of drug-likeness (QED) is 0.576. The number of nitrogens with one attached hydrogen (secondary N) is 2. The third-order valence-corrected chi connectivity index (χ3v) is 4.53. The smallest absolute Gasteiger partial charge is 0.191 e. The first-order chi connectivity index (χ1) is 8.88. The number of hydrogen-bond donors (Lipinski definition) is 2. The number of rotatable bonds is 4. The summed E-state index contributed by atoms with van der Waals surface area (Å²) in [4.78, 5) is 4.22. The van der Waals surface area contributed by atoms with Crippen LogP contribution >= 0.6 is 11.8 Å². The van der Waals surface area contributed by atoms with Crippen molar-refractivity contribution in [3.05, 3.63) is 0 Å². The second-order valence-electron chi connectivity index (χ2n) is 4.54. The molecule has 0 aromatic heterocycles. The fraction of sp³-hybridized carbons (Fsp3) is 0.917. The molecule has 6 heteroatoms. The third-order valence-electron chi connectivity index (χ3n) is 3.13. The molecule has 2 unspecified atom stereocenters. The number of guanidine groups is 1. The van der Waals surface area contributed by atoms with Gasteiger partial charge in [-0.1, -0.05) is 0 Å². The summed E-state index contributed by atoms with van der Waals surface area (Å²) in [5.74, 6) is 2.16. The van der Waals surface area contributed by atoms with E-state index < -0.39 is 0 Å². The first-order valence-corrected chi connectivity index (χ1v) is 7.69. The van der Waals surface area contributed by atoms with E-state index in [0.29, 0.717) is 19.8 Å². The Kier molecular flexibility index (Phi) is 6.10. The predicted molar refractivity (Wildman–Crippen MR) is 75.4 cm³/mol. The average molecular weight is 273 g/mol. The van der Waals surface area contributed by atoms with Crippen LogP contribution in [0.3, 0.4) is 0 Å². The standard InChI is InChI=1S/C12H23N3O2S/c1-13-12(15-8-11-3-2-6-18-11)14-7-10-9-16-4-5-17-10/h10-11H,2-9H2,1H3,(H2,13,14,15). The molecule has 2 saturated heterocycles. The second-order valence-corrected chi connectivity index (χ2v) is 5.95. The zero-order chi connectivity index (χ0) is 12.6. The van der Waals surface area contributed by atoms with Gasteiger partial charge in [0.25, 0.3) is 0 Å². The molecular weight excluding hydrogens is 250 g/mol. The summed E-state index contributed by atoms with van der Waals surface area (Å²) in [6, 6.07) is 0. The summed E-state index contributed by atoms with van der Waals surface area (Å²) in [5, 5.41) is 7.39. The number of aliphatic imine (C=N–C) groups is 1. The van der Waals surface area contributed by atoms with Crippen LogP contribution in [0.15, 0.2) is 4.99 Å². The number of ether oxygens (including phenoxy) is 2. The fourth-order valence-electron chi connectivity index (χ4n) is 2.10. The van der Waals surface area contributed by atoms with Crippen molar-refractivity contribution in [2.45, 2.75) is 24.2 Å². The summed E-state index contributed by atoms with van der Waals surface area (Å²) < 4.78 is 10.9. The van der Waals surface area contributed by atoms with Crippen LogP contribution in [-0.4, -0.2) is 63.0 Å². The molecule has 2 aliphatic rings. The molecule has 2 fully saturated rings. The van der Waals surface area contributed by atoms with E-state index in [9.17, 15) is 0 Å². The van der Waals surface area contributed by atoms with Crippen molar-refractivity contribution in [1.82, 2.24) is 10.6 Å². The molecule has 2 rings (SSSR count). The molecular formula is C12H23N3O2S. The van der Waals surface area contributed by atoms with Crippen molar-refractivity contribution in [2.24, 2.45) is 4.99 Å². The first kappa shape index (κ1) is 14.0. The molecule has 2 N–H and O–H groups in total. The van der Waals surface area contributed by atoms with Crippen LogP contribution in [0.5, 0.6) is 0 Å². The van der Waals surface area contributed by atoms with Crippen molar-refractivity contribution in [3.63, 3.8) is 0 Å². The van der Waals surface area contributed by atoms with Gasteiger partial charge in [-0.3, -0.25) is 4.99 Å². The van der Waals surface area contributed by atoms with E-state index in [-0.39, 0.29) is 6.10 Å². The van der Waals surface area contributed by atoms with E-state index in [4.69, 9.17) is 9.47 Å². The zero-order valence-corrected chi connectivity index (χ0v) is 11.8. The Bertz CT molecular complexity index is 264. The largest absolute Gasteiger partial charge is 0.376 e. The second kappa shape index (κ2) is 7.86. The van der Waals surface area contributed by atoms with Crippen LogP contribution in [0.4, 0.5) is 0 Å². The Morgan fingerprint density at radius 2 is 2.22 bits per heavy atom. The molecule has 2 atom stereocenters. The van der Waals surface area contributed by atoms with Gasteiger partial charge in [-0.15, -0.1) is 0 Å². The Balaban J connectivity index is 1.62. The minimum atomic E-state index is 0.137. The van der Waals surface area contributed by atoms with Gasteiger partial charge >= 0.3 is 0 Å². The minimum Gasteiger partial charge on any atom is -0.376 e. The number of hydrogen-bond acceptors (Lipinski definition) is 4. The molecule has 0 amide bonds. The molecule has 0 spiro atoms. The highest BCUT2D eigenvalue weighted by atomic mass is 32.2. The molecule has 18 heavy (non-hydrogen) atoms. The molecule has 2 aliphatic heterocycles. The van der Waals surface area contributed by atoms with E-state index >= 15 is 0 Å². The van der Waals surface area contributed by atoms with Gasteiger partial charge in [-0.25, -0.2) is 0 Å². The van der Waals surface area contributed by atoms with Gasteiger partial charge < -0.3 is 20.1 Å². The summed E-state index contributed by atoms with van der Waals surface area (Å²) in [6.07, 6.45) is 2.79. The Morgan fingerprint density at radius 3 is 2.89 bits per heavy atom. The maximum Gasteiger partial charge on any atom is 0.191 e. The highest BCUT2D eigenvalue weighted by molar-refractivity contribution is 8.00. The fourth-order valence-corrected chi connectivity index (χ4v) is 3.30. The summed E-state index contributed by atoms with van der Waals surface area (Å²) in [6.45, 7) is 3.81. The first-order valence-electron chi connectivity index (χ1n) is 6.64. The zero-order valence-electron chi connectivity index (χ0n) is 11.0. The average Bonchev–Trinajstić information content (AvgIpc) is 2.93. The van der Waals surface area contributed by atoms with Crippen LogP contribution < -0.4 is 10.6 Å². The van der Waals surface area contributed by atoms with Crippen molar-refractivity contribution < 1.29 is 9.47 Å². The Morgan fingerprint density at radius 1 is 1.33 bits per heavy atom. The number of thioether (sulfide) groups is 1.